The van der Waals surface area contributed by atoms with Gasteiger partial charge in [0.2, 0.25) is 0 Å². The zero-order valence-electron chi connectivity index (χ0n) is 6.03. The Morgan fingerprint density at radius 2 is 1.58 bits per heavy atom. The van der Waals surface area contributed by atoms with Gasteiger partial charge < -0.3 is 0 Å². The fourth-order valence-electron chi connectivity index (χ4n) is 0.783. The van der Waals surface area contributed by atoms with Gasteiger partial charge in [-0.2, -0.15) is 0 Å². The molecule has 5 heteroatoms. The Morgan fingerprint density at radius 3 is 1.92 bits per heavy atom. The molecule has 0 aromatic heterocycles. The third kappa shape index (κ3) is 2.63. The van der Waals surface area contributed by atoms with Gasteiger partial charge in [0.25, 0.3) is 0 Å². The maximum absolute atomic E-state index is 12.0. The Bertz CT molecular complexity index is 254. The molecule has 0 radical (unpaired) electrons. The van der Waals surface area contributed by atoms with Crippen molar-refractivity contribution < 1.29 is 36.5 Å². The zero-order valence-corrected chi connectivity index (χ0v) is 12.3. The van der Waals surface area contributed by atoms with Crippen molar-refractivity contribution in [2.45, 2.75) is 6.18 Å². The topological polar surface area (TPSA) is 0 Å². The summed E-state index contributed by atoms with van der Waals surface area (Å²) in [5.41, 5.74) is -0.607. The minimum absolute atomic E-state index is 0.607. The molecule has 0 aliphatic heterocycles. The van der Waals surface area contributed by atoms with E-state index in [0.717, 1.165) is 15.2 Å². The first-order valence-corrected chi connectivity index (χ1v) is 12.8. The van der Waals surface area contributed by atoms with Crippen LogP contribution in [0.15, 0.2) is 24.3 Å². The van der Waals surface area contributed by atoms with Crippen LogP contribution in [0, 0.1) is 0 Å². The van der Waals surface area contributed by atoms with Gasteiger partial charge in [-0.1, -0.05) is 0 Å². The predicted octanol–water partition coefficient (Wildman–Crippen LogP) is 2.57. The van der Waals surface area contributed by atoms with E-state index >= 15 is 0 Å². The van der Waals surface area contributed by atoms with E-state index in [9.17, 15) is 13.2 Å². The van der Waals surface area contributed by atoms with Crippen LogP contribution in [0.2, 0.25) is 0 Å². The second-order valence-corrected chi connectivity index (χ2v) is 8.89. The van der Waals surface area contributed by atoms with Crippen molar-refractivity contribution >= 4 is 11.3 Å². The van der Waals surface area contributed by atoms with E-state index in [0.29, 0.717) is 0 Å². The molecular formula is C7H4ClF3Hg. The van der Waals surface area contributed by atoms with Crippen LogP contribution in [0.1, 0.15) is 5.56 Å². The molecule has 62 valence electrons. The van der Waals surface area contributed by atoms with Gasteiger partial charge in [-0.15, -0.1) is 0 Å². The number of halogens is 4. The normalized spacial score (nSPS) is 11.0. The van der Waals surface area contributed by atoms with Crippen LogP contribution in [0.4, 0.5) is 13.2 Å². The summed E-state index contributed by atoms with van der Waals surface area (Å²) in [6.07, 6.45) is -4.23. The van der Waals surface area contributed by atoms with E-state index in [1.54, 1.807) is 0 Å². The summed E-state index contributed by atoms with van der Waals surface area (Å²) in [4.78, 5) is 0. The van der Waals surface area contributed by atoms with Crippen molar-refractivity contribution in [2.24, 2.45) is 0 Å². The number of hydrogen-bond donors (Lipinski definition) is 0. The number of benzene rings is 1. The predicted molar refractivity (Wildman–Crippen MR) is 36.9 cm³/mol. The van der Waals surface area contributed by atoms with Crippen molar-refractivity contribution in [3.63, 3.8) is 0 Å². The zero-order chi connectivity index (χ0) is 9.19. The standard InChI is InChI=1S/C7H4F3.ClH.Hg/c8-7(9,10)6-4-2-1-3-5-6;;/h2-5H;1H;/q;;+1/p-1. The number of hydrogen-bond acceptors (Lipinski definition) is 0. The first-order chi connectivity index (χ1) is 5.54. The molecular weight excluding hydrogens is 377 g/mol. The summed E-state index contributed by atoms with van der Waals surface area (Å²) in [7, 11) is 5.63. The molecule has 0 amide bonds. The molecule has 0 fully saturated rings. The molecule has 0 unspecified atom stereocenters. The third-order valence-corrected chi connectivity index (χ3v) is 7.18. The Kier molecular flexibility index (Phi) is 3.41. The second-order valence-electron chi connectivity index (χ2n) is 2.33. The average Bonchev–Trinajstić information content (AvgIpc) is 2.03. The summed E-state index contributed by atoms with van der Waals surface area (Å²) in [6, 6.07) is 5.10. The van der Waals surface area contributed by atoms with E-state index < -0.39 is 35.1 Å². The average molecular weight is 381 g/mol. The van der Waals surface area contributed by atoms with Gasteiger partial charge in [0.05, 0.1) is 0 Å². The van der Waals surface area contributed by atoms with E-state index in [4.69, 9.17) is 8.25 Å². The summed E-state index contributed by atoms with van der Waals surface area (Å²) >= 11 is -1.52. The van der Waals surface area contributed by atoms with Gasteiger partial charge in [-0.05, 0) is 0 Å². The molecule has 0 heterocycles. The van der Waals surface area contributed by atoms with E-state index in [1.165, 1.54) is 12.1 Å². The Hall–Kier alpha value is 0.235. The summed E-state index contributed by atoms with van der Waals surface area (Å²) in [6.45, 7) is 0. The molecule has 1 aromatic rings. The molecule has 1 rings (SSSR count). The quantitative estimate of drug-likeness (QED) is 0.657. The molecule has 1 aromatic carbocycles. The van der Waals surface area contributed by atoms with Crippen molar-refractivity contribution in [2.75, 3.05) is 0 Å². The molecule has 0 atom stereocenters. The first-order valence-electron chi connectivity index (χ1n) is 3.26. The van der Waals surface area contributed by atoms with Crippen LogP contribution in [0.25, 0.3) is 0 Å². The maximum atomic E-state index is 12.0. The van der Waals surface area contributed by atoms with Crippen molar-refractivity contribution in [3.05, 3.63) is 29.8 Å². The van der Waals surface area contributed by atoms with Crippen LogP contribution in [0.5, 0.6) is 0 Å². The van der Waals surface area contributed by atoms with Crippen molar-refractivity contribution in [1.82, 2.24) is 0 Å². The molecule has 0 saturated heterocycles. The van der Waals surface area contributed by atoms with Gasteiger partial charge in [0.1, 0.15) is 0 Å². The monoisotopic (exact) mass is 382 g/mol. The Balaban J connectivity index is 2.93. The van der Waals surface area contributed by atoms with E-state index in [-0.39, 0.29) is 0 Å². The fourth-order valence-corrected chi connectivity index (χ4v) is 3.96. The van der Waals surface area contributed by atoms with Crippen molar-refractivity contribution in [3.8, 4) is 0 Å². The molecule has 0 aliphatic rings. The minimum atomic E-state index is -4.23. The fraction of sp³-hybridized carbons (Fsp3) is 0.143. The first kappa shape index (κ1) is 10.3. The summed E-state index contributed by atoms with van der Waals surface area (Å²) in [5, 5.41) is 0. The molecule has 0 spiro atoms. The molecule has 0 aliphatic carbocycles. The Morgan fingerprint density at radius 1 is 1.08 bits per heavy atom. The van der Waals surface area contributed by atoms with Crippen LogP contribution >= 0.6 is 8.25 Å². The van der Waals surface area contributed by atoms with Crippen LogP contribution < -0.4 is 3.07 Å². The number of alkyl halides is 3. The molecule has 0 nitrogen and oxygen atoms in total. The van der Waals surface area contributed by atoms with Crippen molar-refractivity contribution in [1.29, 1.82) is 0 Å². The van der Waals surface area contributed by atoms with Crippen LogP contribution in [-0.4, -0.2) is 0 Å². The van der Waals surface area contributed by atoms with Gasteiger partial charge >= 0.3 is 83.8 Å². The van der Waals surface area contributed by atoms with Gasteiger partial charge in [0.15, 0.2) is 0 Å². The van der Waals surface area contributed by atoms with E-state index in [2.05, 4.69) is 0 Å². The van der Waals surface area contributed by atoms with E-state index in [1.807, 2.05) is 0 Å². The SMILES string of the molecule is FC(F)(F)c1cc[c]([Hg][Cl])cc1. The molecule has 12 heavy (non-hydrogen) atoms. The van der Waals surface area contributed by atoms with Crippen LogP contribution in [0.3, 0.4) is 0 Å². The Labute approximate surface area is 83.6 Å². The van der Waals surface area contributed by atoms with Gasteiger partial charge in [-0.3, -0.25) is 0 Å². The second kappa shape index (κ2) is 3.96. The van der Waals surface area contributed by atoms with Gasteiger partial charge in [0, 0.05) is 0 Å². The molecule has 0 N–H and O–H groups in total. The van der Waals surface area contributed by atoms with Crippen LogP contribution in [-0.2, 0) is 29.5 Å². The number of rotatable bonds is 1. The summed E-state index contributed by atoms with van der Waals surface area (Å²) in [5.74, 6) is 0. The summed E-state index contributed by atoms with van der Waals surface area (Å²) < 4.78 is 36.9. The third-order valence-electron chi connectivity index (χ3n) is 1.44. The molecule has 0 bridgehead atoms. The van der Waals surface area contributed by atoms with Gasteiger partial charge in [-0.25, -0.2) is 0 Å². The molecule has 0 saturated carbocycles.